The van der Waals surface area contributed by atoms with Gasteiger partial charge in [0.15, 0.2) is 0 Å². The Morgan fingerprint density at radius 2 is 1.90 bits per heavy atom. The largest absolute Gasteiger partial charge is 0.497 e. The summed E-state index contributed by atoms with van der Waals surface area (Å²) in [5.74, 6) is 1.63. The summed E-state index contributed by atoms with van der Waals surface area (Å²) in [6.07, 6.45) is 2.57. The van der Waals surface area contributed by atoms with Crippen LogP contribution in [0.15, 0.2) is 30.6 Å². The molecule has 2 aromatic rings. The van der Waals surface area contributed by atoms with Crippen LogP contribution in [0.2, 0.25) is 0 Å². The van der Waals surface area contributed by atoms with Crippen LogP contribution in [0.3, 0.4) is 0 Å². The maximum absolute atomic E-state index is 10.7. The monoisotopic (exact) mass is 289 g/mol. The molecule has 1 unspecified atom stereocenters. The average molecular weight is 289 g/mol. The lowest BCUT2D eigenvalue weighted by Gasteiger charge is -2.23. The minimum Gasteiger partial charge on any atom is -0.497 e. The summed E-state index contributed by atoms with van der Waals surface area (Å²) in [5, 5.41) is 14.9. The normalized spacial score (nSPS) is 14.2. The molecule has 5 heteroatoms. The molecule has 0 saturated heterocycles. The Bertz CT molecular complexity index is 573. The molecule has 1 aromatic carbocycles. The van der Waals surface area contributed by atoms with Gasteiger partial charge in [0, 0.05) is 18.9 Å². The van der Waals surface area contributed by atoms with E-state index in [1.54, 1.807) is 13.4 Å². The Hall–Kier alpha value is -1.88. The summed E-state index contributed by atoms with van der Waals surface area (Å²) < 4.78 is 6.99. The molecule has 0 amide bonds. The zero-order chi connectivity index (χ0) is 15.5. The van der Waals surface area contributed by atoms with E-state index in [0.717, 1.165) is 17.1 Å². The lowest BCUT2D eigenvalue weighted by molar-refractivity contribution is 0.0572. The molecule has 1 atom stereocenters. The Kier molecular flexibility index (Phi) is 4.63. The van der Waals surface area contributed by atoms with Gasteiger partial charge in [-0.25, -0.2) is 9.67 Å². The van der Waals surface area contributed by atoms with Gasteiger partial charge < -0.3 is 9.84 Å². The van der Waals surface area contributed by atoms with Crippen LogP contribution in [0.4, 0.5) is 0 Å². The topological polar surface area (TPSA) is 60.2 Å². The maximum Gasteiger partial charge on any atom is 0.138 e. The van der Waals surface area contributed by atoms with Gasteiger partial charge in [-0.3, -0.25) is 0 Å². The Morgan fingerprint density at radius 1 is 1.24 bits per heavy atom. The number of nitrogens with zero attached hydrogens (tertiary/aromatic N) is 3. The van der Waals surface area contributed by atoms with E-state index in [1.165, 1.54) is 0 Å². The van der Waals surface area contributed by atoms with Crippen molar-refractivity contribution < 1.29 is 9.84 Å². The SMILES string of the molecule is COc1ccc(CC(C)(O)Cc2ncnn2C(C)C)cc1. The van der Waals surface area contributed by atoms with E-state index in [0.29, 0.717) is 12.8 Å². The fourth-order valence-corrected chi connectivity index (χ4v) is 2.42. The third kappa shape index (κ3) is 4.04. The molecule has 0 radical (unpaired) electrons. The third-order valence-corrected chi connectivity index (χ3v) is 3.42. The summed E-state index contributed by atoms with van der Waals surface area (Å²) in [7, 11) is 1.64. The molecule has 1 N–H and O–H groups in total. The van der Waals surface area contributed by atoms with Gasteiger partial charge in [-0.2, -0.15) is 5.10 Å². The first-order valence-corrected chi connectivity index (χ1v) is 7.15. The minimum absolute atomic E-state index is 0.235. The van der Waals surface area contributed by atoms with Gasteiger partial charge in [-0.05, 0) is 38.5 Å². The predicted molar refractivity (Wildman–Crippen MR) is 81.4 cm³/mol. The Morgan fingerprint density at radius 3 is 2.48 bits per heavy atom. The molecule has 1 heterocycles. The number of benzene rings is 1. The molecule has 114 valence electrons. The molecule has 0 fully saturated rings. The van der Waals surface area contributed by atoms with Crippen molar-refractivity contribution in [2.75, 3.05) is 7.11 Å². The number of aliphatic hydroxyl groups is 1. The summed E-state index contributed by atoms with van der Waals surface area (Å²) in [5.41, 5.74) is 0.199. The molecule has 0 aliphatic carbocycles. The number of ether oxygens (including phenoxy) is 1. The summed E-state index contributed by atoms with van der Waals surface area (Å²) in [6.45, 7) is 5.93. The molecule has 0 aliphatic rings. The molecule has 1 aromatic heterocycles. The van der Waals surface area contributed by atoms with Crippen LogP contribution in [0.5, 0.6) is 5.75 Å². The second-order valence-corrected chi connectivity index (χ2v) is 5.91. The molecule has 0 saturated carbocycles. The number of methoxy groups -OCH3 is 1. The maximum atomic E-state index is 10.7. The molecule has 21 heavy (non-hydrogen) atoms. The quantitative estimate of drug-likeness (QED) is 0.887. The van der Waals surface area contributed by atoms with Crippen LogP contribution >= 0.6 is 0 Å². The van der Waals surface area contributed by atoms with Crippen molar-refractivity contribution in [2.45, 2.75) is 45.3 Å². The minimum atomic E-state index is -0.867. The second kappa shape index (κ2) is 6.26. The van der Waals surface area contributed by atoms with Crippen molar-refractivity contribution in [1.82, 2.24) is 14.8 Å². The molecular weight excluding hydrogens is 266 g/mol. The number of rotatable bonds is 6. The molecule has 2 rings (SSSR count). The molecule has 5 nitrogen and oxygen atoms in total. The summed E-state index contributed by atoms with van der Waals surface area (Å²) >= 11 is 0. The fraction of sp³-hybridized carbons (Fsp3) is 0.500. The van der Waals surface area contributed by atoms with Crippen LogP contribution in [-0.2, 0) is 12.8 Å². The van der Waals surface area contributed by atoms with Crippen LogP contribution in [-0.4, -0.2) is 32.6 Å². The molecule has 0 bridgehead atoms. The van der Waals surface area contributed by atoms with E-state index in [4.69, 9.17) is 4.74 Å². The first-order valence-electron chi connectivity index (χ1n) is 7.15. The van der Waals surface area contributed by atoms with Gasteiger partial charge in [0.1, 0.15) is 17.9 Å². The van der Waals surface area contributed by atoms with Gasteiger partial charge in [0.05, 0.1) is 12.7 Å². The van der Waals surface area contributed by atoms with Crippen LogP contribution in [0.1, 0.15) is 38.2 Å². The van der Waals surface area contributed by atoms with Crippen molar-refractivity contribution in [3.8, 4) is 5.75 Å². The standard InChI is InChI=1S/C16H23N3O2/c1-12(2)19-15(17-11-18-19)10-16(3,20)9-13-5-7-14(21-4)8-6-13/h5-8,11-12,20H,9-10H2,1-4H3. The summed E-state index contributed by atoms with van der Waals surface area (Å²) in [4.78, 5) is 4.26. The first kappa shape index (κ1) is 15.5. The average Bonchev–Trinajstić information content (AvgIpc) is 2.86. The third-order valence-electron chi connectivity index (χ3n) is 3.42. The lowest BCUT2D eigenvalue weighted by atomic mass is 9.93. The lowest BCUT2D eigenvalue weighted by Crippen LogP contribution is -2.32. The zero-order valence-electron chi connectivity index (χ0n) is 13.1. The summed E-state index contributed by atoms with van der Waals surface area (Å²) in [6, 6.07) is 7.99. The van der Waals surface area contributed by atoms with Crippen molar-refractivity contribution in [3.63, 3.8) is 0 Å². The number of aromatic nitrogens is 3. The van der Waals surface area contributed by atoms with Crippen LogP contribution in [0.25, 0.3) is 0 Å². The Balaban J connectivity index is 2.08. The van der Waals surface area contributed by atoms with E-state index in [1.807, 2.05) is 35.9 Å². The van der Waals surface area contributed by atoms with Crippen LogP contribution < -0.4 is 4.74 Å². The fourth-order valence-electron chi connectivity index (χ4n) is 2.42. The Labute approximate surface area is 125 Å². The van der Waals surface area contributed by atoms with E-state index >= 15 is 0 Å². The van der Waals surface area contributed by atoms with E-state index in [2.05, 4.69) is 23.9 Å². The molecule has 0 aliphatic heterocycles. The van der Waals surface area contributed by atoms with Crippen molar-refractivity contribution >= 4 is 0 Å². The number of hydrogen-bond acceptors (Lipinski definition) is 4. The van der Waals surface area contributed by atoms with E-state index < -0.39 is 5.60 Å². The van der Waals surface area contributed by atoms with E-state index in [-0.39, 0.29) is 6.04 Å². The first-order chi connectivity index (χ1) is 9.91. The van der Waals surface area contributed by atoms with Gasteiger partial charge in [0.2, 0.25) is 0 Å². The highest BCUT2D eigenvalue weighted by Gasteiger charge is 2.25. The molecular formula is C16H23N3O2. The highest BCUT2D eigenvalue weighted by molar-refractivity contribution is 5.28. The molecule has 0 spiro atoms. The zero-order valence-corrected chi connectivity index (χ0v) is 13.1. The smallest absolute Gasteiger partial charge is 0.138 e. The van der Waals surface area contributed by atoms with Crippen molar-refractivity contribution in [2.24, 2.45) is 0 Å². The van der Waals surface area contributed by atoms with Crippen LogP contribution in [0, 0.1) is 0 Å². The predicted octanol–water partition coefficient (Wildman–Crippen LogP) is 2.40. The van der Waals surface area contributed by atoms with Gasteiger partial charge in [0.25, 0.3) is 0 Å². The van der Waals surface area contributed by atoms with Crippen molar-refractivity contribution in [1.29, 1.82) is 0 Å². The van der Waals surface area contributed by atoms with Gasteiger partial charge in [-0.1, -0.05) is 12.1 Å². The second-order valence-electron chi connectivity index (χ2n) is 5.91. The van der Waals surface area contributed by atoms with Crippen molar-refractivity contribution in [3.05, 3.63) is 42.0 Å². The highest BCUT2D eigenvalue weighted by atomic mass is 16.5. The number of hydrogen-bond donors (Lipinski definition) is 1. The van der Waals surface area contributed by atoms with Gasteiger partial charge >= 0.3 is 0 Å². The highest BCUT2D eigenvalue weighted by Crippen LogP contribution is 2.20. The van der Waals surface area contributed by atoms with Gasteiger partial charge in [-0.15, -0.1) is 0 Å². The van der Waals surface area contributed by atoms with E-state index in [9.17, 15) is 5.11 Å².